The Hall–Kier alpha value is -4.19. The molecule has 1 atom stereocenters. The summed E-state index contributed by atoms with van der Waals surface area (Å²) in [5.74, 6) is -0.921. The molecule has 0 aromatic carbocycles. The topological polar surface area (TPSA) is 78.9 Å². The fourth-order valence-electron chi connectivity index (χ4n) is 9.59. The first kappa shape index (κ1) is 77.8. The van der Waals surface area contributed by atoms with Gasteiger partial charge in [0, 0.05) is 19.3 Å². The van der Waals surface area contributed by atoms with E-state index in [9.17, 15) is 14.4 Å². The van der Waals surface area contributed by atoms with Crippen LogP contribution >= 0.6 is 0 Å². The van der Waals surface area contributed by atoms with E-state index in [2.05, 4.69) is 142 Å². The van der Waals surface area contributed by atoms with E-state index in [-0.39, 0.29) is 31.1 Å². The van der Waals surface area contributed by atoms with E-state index in [0.717, 1.165) is 122 Å². The third-order valence-corrected chi connectivity index (χ3v) is 14.7. The van der Waals surface area contributed by atoms with Crippen LogP contribution in [0.4, 0.5) is 0 Å². The molecule has 0 bridgehead atoms. The number of esters is 3. The van der Waals surface area contributed by atoms with Crippen LogP contribution in [0, 0.1) is 0 Å². The van der Waals surface area contributed by atoms with Crippen molar-refractivity contribution in [2.24, 2.45) is 0 Å². The van der Waals surface area contributed by atoms with Crippen molar-refractivity contribution in [2.75, 3.05) is 13.2 Å². The van der Waals surface area contributed by atoms with Gasteiger partial charge in [-0.15, -0.1) is 0 Å². The summed E-state index contributed by atoms with van der Waals surface area (Å²) in [5.41, 5.74) is 0. The van der Waals surface area contributed by atoms with Crippen molar-refractivity contribution >= 4 is 17.9 Å². The maximum atomic E-state index is 12.9. The Labute approximate surface area is 507 Å². The van der Waals surface area contributed by atoms with Crippen LogP contribution in [-0.4, -0.2) is 37.2 Å². The molecular formula is C76H128O6. The second-order valence-electron chi connectivity index (χ2n) is 22.7. The molecule has 0 aliphatic heterocycles. The first-order chi connectivity index (χ1) is 40.5. The van der Waals surface area contributed by atoms with Crippen molar-refractivity contribution in [3.05, 3.63) is 122 Å². The number of carbonyl (C=O) groups excluding carboxylic acids is 3. The van der Waals surface area contributed by atoms with Gasteiger partial charge in [0.05, 0.1) is 0 Å². The second kappa shape index (κ2) is 69.3. The summed E-state index contributed by atoms with van der Waals surface area (Å²) in [5, 5.41) is 0. The zero-order valence-corrected chi connectivity index (χ0v) is 53.7. The molecule has 1 unspecified atom stereocenters. The summed E-state index contributed by atoms with van der Waals surface area (Å²) in [6, 6.07) is 0. The SMILES string of the molecule is CC/C=C\C/C=C\C/C=C\C/C=C\C/C=C\C/C=C\C/C=C\C/C=C\C/C=C\C/C=C\CCCCC(=O)OCC(COC(=O)CCCCCCCCCCCCCCCCC)OC(=O)CCCCCCCCCCCCCCCCCC. The van der Waals surface area contributed by atoms with E-state index in [0.29, 0.717) is 19.3 Å². The molecule has 0 fully saturated rings. The molecule has 0 saturated carbocycles. The summed E-state index contributed by atoms with van der Waals surface area (Å²) in [6.45, 7) is 6.53. The van der Waals surface area contributed by atoms with Crippen LogP contribution in [0.2, 0.25) is 0 Å². The predicted molar refractivity (Wildman–Crippen MR) is 357 cm³/mol. The van der Waals surface area contributed by atoms with Crippen LogP contribution in [0.15, 0.2) is 122 Å². The normalized spacial score (nSPS) is 12.9. The maximum Gasteiger partial charge on any atom is 0.306 e. The molecule has 0 radical (unpaired) electrons. The Morgan fingerprint density at radius 1 is 0.256 bits per heavy atom. The molecule has 0 aliphatic rings. The van der Waals surface area contributed by atoms with Crippen molar-refractivity contribution in [2.45, 2.75) is 329 Å². The summed E-state index contributed by atoms with van der Waals surface area (Å²) in [6.07, 6.45) is 96.4. The third-order valence-electron chi connectivity index (χ3n) is 14.7. The van der Waals surface area contributed by atoms with Gasteiger partial charge in [-0.05, 0) is 96.3 Å². The summed E-state index contributed by atoms with van der Waals surface area (Å²) >= 11 is 0. The van der Waals surface area contributed by atoms with E-state index >= 15 is 0 Å². The molecule has 468 valence electrons. The van der Waals surface area contributed by atoms with Gasteiger partial charge in [0.1, 0.15) is 13.2 Å². The van der Waals surface area contributed by atoms with Crippen molar-refractivity contribution in [1.29, 1.82) is 0 Å². The molecule has 0 heterocycles. The van der Waals surface area contributed by atoms with Crippen LogP contribution < -0.4 is 0 Å². The highest BCUT2D eigenvalue weighted by atomic mass is 16.6. The molecule has 6 nitrogen and oxygen atoms in total. The molecule has 0 amide bonds. The van der Waals surface area contributed by atoms with E-state index < -0.39 is 6.10 Å². The highest BCUT2D eigenvalue weighted by Gasteiger charge is 2.19. The third kappa shape index (κ3) is 66.6. The van der Waals surface area contributed by atoms with Crippen LogP contribution in [-0.2, 0) is 28.6 Å². The molecular weight excluding hydrogens is 1010 g/mol. The largest absolute Gasteiger partial charge is 0.462 e. The van der Waals surface area contributed by atoms with Gasteiger partial charge in [0.2, 0.25) is 0 Å². The maximum absolute atomic E-state index is 12.9. The lowest BCUT2D eigenvalue weighted by Gasteiger charge is -2.18. The molecule has 0 spiro atoms. The number of allylic oxidation sites excluding steroid dienone is 20. The van der Waals surface area contributed by atoms with Crippen molar-refractivity contribution < 1.29 is 28.6 Å². The monoisotopic (exact) mass is 1140 g/mol. The molecule has 0 N–H and O–H groups in total. The highest BCUT2D eigenvalue weighted by Crippen LogP contribution is 2.17. The Bertz CT molecular complexity index is 1690. The van der Waals surface area contributed by atoms with E-state index in [1.165, 1.54) is 161 Å². The number of ether oxygens (including phenoxy) is 3. The number of rotatable bonds is 62. The van der Waals surface area contributed by atoms with Gasteiger partial charge in [-0.1, -0.05) is 328 Å². The summed E-state index contributed by atoms with van der Waals surface area (Å²) in [4.78, 5) is 38.4. The predicted octanol–water partition coefficient (Wildman–Crippen LogP) is 23.9. The van der Waals surface area contributed by atoms with Gasteiger partial charge in [0.25, 0.3) is 0 Å². The number of carbonyl (C=O) groups is 3. The number of unbranched alkanes of at least 4 members (excludes halogenated alkanes) is 31. The van der Waals surface area contributed by atoms with E-state index in [1.54, 1.807) is 0 Å². The van der Waals surface area contributed by atoms with Crippen LogP contribution in [0.3, 0.4) is 0 Å². The minimum atomic E-state index is -0.796. The Balaban J connectivity index is 4.37. The van der Waals surface area contributed by atoms with Gasteiger partial charge in [-0.2, -0.15) is 0 Å². The molecule has 0 saturated heterocycles. The summed E-state index contributed by atoms with van der Waals surface area (Å²) < 4.78 is 16.9. The van der Waals surface area contributed by atoms with Gasteiger partial charge >= 0.3 is 17.9 Å². The highest BCUT2D eigenvalue weighted by molar-refractivity contribution is 5.71. The smallest absolute Gasteiger partial charge is 0.306 e. The first-order valence-electron chi connectivity index (χ1n) is 34.5. The van der Waals surface area contributed by atoms with E-state index in [1.807, 2.05) is 0 Å². The van der Waals surface area contributed by atoms with Gasteiger partial charge in [0.15, 0.2) is 6.10 Å². The zero-order chi connectivity index (χ0) is 59.2. The van der Waals surface area contributed by atoms with Crippen LogP contribution in [0.1, 0.15) is 323 Å². The average molecular weight is 1140 g/mol. The van der Waals surface area contributed by atoms with Gasteiger partial charge < -0.3 is 14.2 Å². The van der Waals surface area contributed by atoms with Crippen molar-refractivity contribution in [3.8, 4) is 0 Å². The minimum absolute atomic E-state index is 0.0886. The van der Waals surface area contributed by atoms with Crippen LogP contribution in [0.25, 0.3) is 0 Å². The fourth-order valence-corrected chi connectivity index (χ4v) is 9.59. The lowest BCUT2D eigenvalue weighted by Crippen LogP contribution is -2.30. The molecule has 0 aliphatic carbocycles. The molecule has 0 aromatic rings. The molecule has 82 heavy (non-hydrogen) atoms. The molecule has 0 aromatic heterocycles. The van der Waals surface area contributed by atoms with Crippen molar-refractivity contribution in [1.82, 2.24) is 0 Å². The van der Waals surface area contributed by atoms with Gasteiger partial charge in [-0.25, -0.2) is 0 Å². The number of hydrogen-bond donors (Lipinski definition) is 0. The lowest BCUT2D eigenvalue weighted by molar-refractivity contribution is -0.167. The zero-order valence-electron chi connectivity index (χ0n) is 53.7. The fraction of sp³-hybridized carbons (Fsp3) is 0.697. The molecule has 0 rings (SSSR count). The Morgan fingerprint density at radius 2 is 0.476 bits per heavy atom. The van der Waals surface area contributed by atoms with Crippen LogP contribution in [0.5, 0.6) is 0 Å². The van der Waals surface area contributed by atoms with Gasteiger partial charge in [-0.3, -0.25) is 14.4 Å². The minimum Gasteiger partial charge on any atom is -0.462 e. The standard InChI is InChI=1S/C76H128O6/c1-4-7-10-13-16-19-22-25-28-30-31-32-33-34-35-36-37-38-39-40-41-42-43-44-45-46-49-51-54-57-60-63-66-69-75(78)81-72-73(71-80-74(77)68-65-62-59-56-53-50-47-27-24-21-18-15-12-9-6-3)82-76(79)70-67-64-61-58-55-52-48-29-26-23-20-17-14-11-8-5-2/h7,10,16,19,25,28,31-32,34-35,37-38,40-41,43-44,46,49,54,57,73H,4-6,8-9,11-15,17-18,20-24,26-27,29-30,33,36,39,42,45,47-48,50-53,55-56,58-72H2,1-3H3/b10-7-,19-16-,28-25-,32-31-,35-34-,38-37-,41-40-,44-43-,49-46-,57-54-. The summed E-state index contributed by atoms with van der Waals surface area (Å²) in [7, 11) is 0. The number of hydrogen-bond acceptors (Lipinski definition) is 6. The van der Waals surface area contributed by atoms with Crippen molar-refractivity contribution in [3.63, 3.8) is 0 Å². The van der Waals surface area contributed by atoms with E-state index in [4.69, 9.17) is 14.2 Å². The quantitative estimate of drug-likeness (QED) is 0.0261. The second-order valence-corrected chi connectivity index (χ2v) is 22.7. The first-order valence-corrected chi connectivity index (χ1v) is 34.5. The average Bonchev–Trinajstić information content (AvgIpc) is 3.47. The lowest BCUT2D eigenvalue weighted by atomic mass is 10.0. The Morgan fingerprint density at radius 3 is 0.744 bits per heavy atom. The Kier molecular flexibility index (Phi) is 65.8. The molecule has 6 heteroatoms.